The summed E-state index contributed by atoms with van der Waals surface area (Å²) in [6, 6.07) is 9.36. The normalized spacial score (nSPS) is 20.3. The average molecular weight is 358 g/mol. The van der Waals surface area contributed by atoms with Gasteiger partial charge in [-0.25, -0.2) is 4.79 Å². The van der Waals surface area contributed by atoms with Crippen LogP contribution >= 0.6 is 0 Å². The lowest BCUT2D eigenvalue weighted by atomic mass is 9.82. The lowest BCUT2D eigenvalue weighted by Gasteiger charge is -2.30. The summed E-state index contributed by atoms with van der Waals surface area (Å²) in [5.41, 5.74) is 2.75. The molecule has 26 heavy (non-hydrogen) atoms. The van der Waals surface area contributed by atoms with Gasteiger partial charge in [-0.2, -0.15) is 5.01 Å². The molecule has 0 aromatic heterocycles. The first kappa shape index (κ1) is 18.4. The van der Waals surface area contributed by atoms with E-state index in [1.807, 2.05) is 49.2 Å². The second-order valence-corrected chi connectivity index (χ2v) is 7.25. The lowest BCUT2D eigenvalue weighted by Crippen LogP contribution is -2.52. The molecule has 0 bridgehead atoms. The summed E-state index contributed by atoms with van der Waals surface area (Å²) >= 11 is 0. The molecule has 140 valence electrons. The van der Waals surface area contributed by atoms with Crippen molar-refractivity contribution in [1.29, 1.82) is 0 Å². The maximum absolute atomic E-state index is 12.7. The molecule has 0 unspecified atom stereocenters. The largest absolute Gasteiger partial charge is 0.344 e. The van der Waals surface area contributed by atoms with Crippen LogP contribution < -0.4 is 10.7 Å². The number of imide groups is 1. The van der Waals surface area contributed by atoms with E-state index in [0.29, 0.717) is 12.8 Å². The van der Waals surface area contributed by atoms with Gasteiger partial charge in [0, 0.05) is 6.04 Å². The van der Waals surface area contributed by atoms with Crippen LogP contribution in [0.15, 0.2) is 30.3 Å². The summed E-state index contributed by atoms with van der Waals surface area (Å²) in [6.45, 7) is 2.09. The van der Waals surface area contributed by atoms with Crippen LogP contribution in [0.1, 0.15) is 50.6 Å². The van der Waals surface area contributed by atoms with Crippen LogP contribution in [0.5, 0.6) is 0 Å². The van der Waals surface area contributed by atoms with Gasteiger partial charge in [-0.15, -0.1) is 0 Å². The molecule has 7 nitrogen and oxygen atoms in total. The Morgan fingerprint density at radius 3 is 2.54 bits per heavy atom. The maximum Gasteiger partial charge on any atom is 0.344 e. The fraction of sp³-hybridized carbons (Fsp3) is 0.526. The zero-order valence-electron chi connectivity index (χ0n) is 15.3. The van der Waals surface area contributed by atoms with Crippen molar-refractivity contribution in [2.24, 2.45) is 0 Å². The molecule has 1 aliphatic heterocycles. The number of carbonyl (C=O) groups is 3. The maximum atomic E-state index is 12.7. The molecule has 1 spiro atoms. The number of carbonyl (C=O) groups excluding carboxylic acids is 3. The Labute approximate surface area is 153 Å². The number of amides is 4. The minimum atomic E-state index is -0.828. The zero-order chi connectivity index (χ0) is 18.7. The highest BCUT2D eigenvalue weighted by Crippen LogP contribution is 2.33. The Morgan fingerprint density at radius 1 is 1.23 bits per heavy atom. The van der Waals surface area contributed by atoms with E-state index in [2.05, 4.69) is 10.7 Å². The first-order valence-corrected chi connectivity index (χ1v) is 9.14. The van der Waals surface area contributed by atoms with E-state index in [0.717, 1.165) is 29.8 Å². The van der Waals surface area contributed by atoms with Crippen molar-refractivity contribution in [2.45, 2.75) is 50.6 Å². The molecule has 2 fully saturated rings. The van der Waals surface area contributed by atoms with Crippen molar-refractivity contribution in [2.75, 3.05) is 13.6 Å². The number of urea groups is 1. The zero-order valence-corrected chi connectivity index (χ0v) is 15.3. The molecule has 1 atom stereocenters. The van der Waals surface area contributed by atoms with Crippen LogP contribution in [0, 0.1) is 0 Å². The number of likely N-dealkylation sites (N-methyl/N-ethyl adjacent to an activating group) is 1. The van der Waals surface area contributed by atoms with Crippen molar-refractivity contribution in [3.63, 3.8) is 0 Å². The summed E-state index contributed by atoms with van der Waals surface area (Å²) in [6.07, 6.45) is 4.15. The Hall–Kier alpha value is -2.41. The number of hydrogen-bond donors (Lipinski definition) is 2. The standard InChI is InChI=1S/C19H26N4O3/c1-14(15-9-5-3-6-10-15)22(2)13-16(24)21-23-17(25)19(20-18(23)26)11-7-4-8-12-19/h3,5-6,9-10,14H,4,7-8,11-13H2,1-2H3,(H,20,26)(H,21,24)/t14-/m0/s1. The quantitative estimate of drug-likeness (QED) is 0.789. The Morgan fingerprint density at radius 2 is 1.88 bits per heavy atom. The fourth-order valence-corrected chi connectivity index (χ4v) is 3.73. The Balaban J connectivity index is 1.59. The minimum absolute atomic E-state index is 0.0368. The third-order valence-corrected chi connectivity index (χ3v) is 5.44. The van der Waals surface area contributed by atoms with Crippen molar-refractivity contribution in [3.8, 4) is 0 Å². The Bertz CT molecular complexity index is 685. The van der Waals surface area contributed by atoms with Gasteiger partial charge >= 0.3 is 6.03 Å². The topological polar surface area (TPSA) is 81.8 Å². The first-order chi connectivity index (χ1) is 12.4. The molecule has 1 saturated heterocycles. The molecule has 1 aliphatic carbocycles. The smallest absolute Gasteiger partial charge is 0.322 e. The van der Waals surface area contributed by atoms with Crippen LogP contribution in [-0.2, 0) is 9.59 Å². The molecule has 3 rings (SSSR count). The Kier molecular flexibility index (Phi) is 5.27. The second-order valence-electron chi connectivity index (χ2n) is 7.25. The van der Waals surface area contributed by atoms with Crippen LogP contribution in [0.4, 0.5) is 4.79 Å². The summed E-state index contributed by atoms with van der Waals surface area (Å²) in [5.74, 6) is -0.721. The number of hydrogen-bond acceptors (Lipinski definition) is 4. The summed E-state index contributed by atoms with van der Waals surface area (Å²) in [7, 11) is 1.84. The van der Waals surface area contributed by atoms with Crippen LogP contribution in [-0.4, -0.2) is 46.9 Å². The molecule has 7 heteroatoms. The monoisotopic (exact) mass is 358 g/mol. The first-order valence-electron chi connectivity index (χ1n) is 9.14. The van der Waals surface area contributed by atoms with E-state index in [9.17, 15) is 14.4 Å². The van der Waals surface area contributed by atoms with E-state index in [4.69, 9.17) is 0 Å². The fourth-order valence-electron chi connectivity index (χ4n) is 3.73. The average Bonchev–Trinajstić information content (AvgIpc) is 2.86. The predicted octanol–water partition coefficient (Wildman–Crippen LogP) is 1.97. The molecule has 4 amide bonds. The molecule has 1 aromatic carbocycles. The number of nitrogens with zero attached hydrogens (tertiary/aromatic N) is 2. The van der Waals surface area contributed by atoms with E-state index in [1.54, 1.807) is 0 Å². The lowest BCUT2D eigenvalue weighted by molar-refractivity contribution is -0.140. The summed E-state index contributed by atoms with van der Waals surface area (Å²) in [5, 5.41) is 3.64. The number of benzene rings is 1. The molecule has 1 saturated carbocycles. The van der Waals surface area contributed by atoms with Crippen LogP contribution in [0.3, 0.4) is 0 Å². The van der Waals surface area contributed by atoms with E-state index >= 15 is 0 Å². The summed E-state index contributed by atoms with van der Waals surface area (Å²) < 4.78 is 0. The predicted molar refractivity (Wildman–Crippen MR) is 96.8 cm³/mol. The van der Waals surface area contributed by atoms with Gasteiger partial charge in [0.15, 0.2) is 0 Å². The highest BCUT2D eigenvalue weighted by molar-refractivity contribution is 6.08. The SMILES string of the molecule is C[C@@H](c1ccccc1)N(C)CC(=O)NN1C(=O)NC2(CCCCC2)C1=O. The number of rotatable bonds is 5. The van der Waals surface area contributed by atoms with Crippen molar-refractivity contribution in [1.82, 2.24) is 20.7 Å². The van der Waals surface area contributed by atoms with Crippen LogP contribution in [0.25, 0.3) is 0 Å². The molecular weight excluding hydrogens is 332 g/mol. The van der Waals surface area contributed by atoms with E-state index < -0.39 is 11.6 Å². The molecule has 1 heterocycles. The van der Waals surface area contributed by atoms with Crippen LogP contribution in [0.2, 0.25) is 0 Å². The van der Waals surface area contributed by atoms with E-state index in [-0.39, 0.29) is 24.4 Å². The highest BCUT2D eigenvalue weighted by atomic mass is 16.2. The van der Waals surface area contributed by atoms with Gasteiger partial charge in [0.2, 0.25) is 0 Å². The molecule has 2 N–H and O–H groups in total. The third-order valence-electron chi connectivity index (χ3n) is 5.44. The van der Waals surface area contributed by atoms with Crippen molar-refractivity contribution >= 4 is 17.8 Å². The molecule has 1 aromatic rings. The third kappa shape index (κ3) is 3.58. The van der Waals surface area contributed by atoms with Gasteiger partial charge in [0.25, 0.3) is 11.8 Å². The second kappa shape index (κ2) is 7.45. The van der Waals surface area contributed by atoms with Gasteiger partial charge in [-0.1, -0.05) is 49.6 Å². The molecule has 0 radical (unpaired) electrons. The highest BCUT2D eigenvalue weighted by Gasteiger charge is 2.52. The number of nitrogens with one attached hydrogen (secondary N) is 2. The molecule has 2 aliphatic rings. The van der Waals surface area contributed by atoms with Gasteiger partial charge in [0.1, 0.15) is 5.54 Å². The van der Waals surface area contributed by atoms with Crippen molar-refractivity contribution < 1.29 is 14.4 Å². The molecular formula is C19H26N4O3. The van der Waals surface area contributed by atoms with Crippen molar-refractivity contribution in [3.05, 3.63) is 35.9 Å². The summed E-state index contributed by atoms with van der Waals surface area (Å²) in [4.78, 5) is 39.1. The van der Waals surface area contributed by atoms with Gasteiger partial charge in [0.05, 0.1) is 6.54 Å². The van der Waals surface area contributed by atoms with Gasteiger partial charge in [-0.3, -0.25) is 19.9 Å². The van der Waals surface area contributed by atoms with Gasteiger partial charge < -0.3 is 5.32 Å². The van der Waals surface area contributed by atoms with E-state index in [1.165, 1.54) is 0 Å². The van der Waals surface area contributed by atoms with Gasteiger partial charge in [-0.05, 0) is 32.4 Å². The minimum Gasteiger partial charge on any atom is -0.322 e. The number of hydrazine groups is 1.